The topological polar surface area (TPSA) is 49.4 Å². The van der Waals surface area contributed by atoms with Gasteiger partial charge in [-0.3, -0.25) is 9.59 Å². The van der Waals surface area contributed by atoms with Crippen molar-refractivity contribution in [2.75, 3.05) is 20.6 Å². The van der Waals surface area contributed by atoms with Crippen molar-refractivity contribution in [3.05, 3.63) is 46.7 Å². The third kappa shape index (κ3) is 3.45. The molecule has 1 aromatic carbocycles. The number of likely N-dealkylation sites (N-methyl/N-ethyl adjacent to an activating group) is 1. The Kier molecular flexibility index (Phi) is 4.53. The number of hydrogen-bond donors (Lipinski definition) is 1. The van der Waals surface area contributed by atoms with E-state index in [9.17, 15) is 9.59 Å². The molecule has 0 radical (unpaired) electrons. The quantitative estimate of drug-likeness (QED) is 0.938. The lowest BCUT2D eigenvalue weighted by Gasteiger charge is -2.11. The van der Waals surface area contributed by atoms with Crippen LogP contribution < -0.4 is 5.32 Å². The first-order chi connectivity index (χ1) is 9.58. The van der Waals surface area contributed by atoms with Gasteiger partial charge in [0.05, 0.1) is 6.54 Å². The van der Waals surface area contributed by atoms with Crippen LogP contribution in [0.2, 0.25) is 0 Å². The monoisotopic (exact) mass is 288 g/mol. The molecule has 0 unspecified atom stereocenters. The summed E-state index contributed by atoms with van der Waals surface area (Å²) in [6.07, 6.45) is 0. The molecule has 104 valence electrons. The summed E-state index contributed by atoms with van der Waals surface area (Å²) in [6.45, 7) is 0.00844. The Balaban J connectivity index is 2.07. The Morgan fingerprint density at radius 1 is 1.20 bits per heavy atom. The van der Waals surface area contributed by atoms with E-state index < -0.39 is 0 Å². The summed E-state index contributed by atoms with van der Waals surface area (Å²) in [5.41, 5.74) is 2.65. The van der Waals surface area contributed by atoms with Crippen molar-refractivity contribution in [3.8, 4) is 11.1 Å². The van der Waals surface area contributed by atoms with Crippen molar-refractivity contribution >= 4 is 23.2 Å². The van der Waals surface area contributed by atoms with Gasteiger partial charge in [-0.05, 0) is 40.1 Å². The van der Waals surface area contributed by atoms with Gasteiger partial charge in [-0.25, -0.2) is 0 Å². The molecule has 0 bridgehead atoms. The number of nitrogens with zero attached hydrogens (tertiary/aromatic N) is 1. The average Bonchev–Trinajstić information content (AvgIpc) is 2.98. The van der Waals surface area contributed by atoms with Crippen molar-refractivity contribution in [3.63, 3.8) is 0 Å². The highest BCUT2D eigenvalue weighted by molar-refractivity contribution is 7.08. The molecule has 0 aliphatic carbocycles. The Hall–Kier alpha value is -2.14. The number of nitrogens with one attached hydrogen (secondary N) is 1. The highest BCUT2D eigenvalue weighted by Crippen LogP contribution is 2.22. The van der Waals surface area contributed by atoms with E-state index >= 15 is 0 Å². The van der Waals surface area contributed by atoms with Crippen LogP contribution in [0.3, 0.4) is 0 Å². The van der Waals surface area contributed by atoms with Gasteiger partial charge in [0.2, 0.25) is 5.91 Å². The van der Waals surface area contributed by atoms with Crippen molar-refractivity contribution < 1.29 is 9.59 Å². The highest BCUT2D eigenvalue weighted by atomic mass is 32.1. The van der Waals surface area contributed by atoms with Crippen LogP contribution >= 0.6 is 11.3 Å². The van der Waals surface area contributed by atoms with Crippen LogP contribution in [0.4, 0.5) is 0 Å². The van der Waals surface area contributed by atoms with Gasteiger partial charge in [-0.1, -0.05) is 12.1 Å². The van der Waals surface area contributed by atoms with Crippen molar-refractivity contribution in [1.82, 2.24) is 10.2 Å². The highest BCUT2D eigenvalue weighted by Gasteiger charge is 2.10. The van der Waals surface area contributed by atoms with Crippen molar-refractivity contribution in [2.24, 2.45) is 0 Å². The molecular weight excluding hydrogens is 272 g/mol. The van der Waals surface area contributed by atoms with E-state index in [2.05, 4.69) is 5.32 Å². The maximum absolute atomic E-state index is 12.0. The van der Waals surface area contributed by atoms with Crippen molar-refractivity contribution in [2.45, 2.75) is 0 Å². The summed E-state index contributed by atoms with van der Waals surface area (Å²) in [5.74, 6) is -0.371. The zero-order valence-corrected chi connectivity index (χ0v) is 12.2. The summed E-state index contributed by atoms with van der Waals surface area (Å²) in [7, 11) is 3.32. The summed E-state index contributed by atoms with van der Waals surface area (Å²) in [5, 5.41) is 6.66. The lowest BCUT2D eigenvalue weighted by molar-refractivity contribution is -0.127. The fraction of sp³-hybridized carbons (Fsp3) is 0.200. The van der Waals surface area contributed by atoms with Gasteiger partial charge in [0, 0.05) is 19.7 Å². The number of hydrogen-bond acceptors (Lipinski definition) is 3. The minimum atomic E-state index is -0.239. The fourth-order valence-electron chi connectivity index (χ4n) is 1.68. The van der Waals surface area contributed by atoms with E-state index in [1.54, 1.807) is 31.5 Å². The Bertz CT molecular complexity index is 606. The SMILES string of the molecule is CN(C)C(=O)CNC(=O)c1cccc(-c2ccsc2)c1. The lowest BCUT2D eigenvalue weighted by Crippen LogP contribution is -2.36. The minimum Gasteiger partial charge on any atom is -0.347 e. The number of benzene rings is 1. The second-order valence-electron chi connectivity index (χ2n) is 4.56. The zero-order valence-electron chi connectivity index (χ0n) is 11.4. The molecule has 1 aromatic heterocycles. The largest absolute Gasteiger partial charge is 0.347 e. The van der Waals surface area contributed by atoms with Crippen LogP contribution in [0, 0.1) is 0 Å². The van der Waals surface area contributed by atoms with Gasteiger partial charge in [0.1, 0.15) is 0 Å². The number of rotatable bonds is 4. The average molecular weight is 288 g/mol. The molecule has 20 heavy (non-hydrogen) atoms. The third-order valence-corrected chi connectivity index (χ3v) is 3.56. The summed E-state index contributed by atoms with van der Waals surface area (Å²) in [6, 6.07) is 9.39. The van der Waals surface area contributed by atoms with Crippen LogP contribution in [0.1, 0.15) is 10.4 Å². The van der Waals surface area contributed by atoms with Gasteiger partial charge in [-0.15, -0.1) is 0 Å². The number of amides is 2. The van der Waals surface area contributed by atoms with Crippen LogP contribution in [-0.4, -0.2) is 37.4 Å². The molecule has 2 aromatic rings. The van der Waals surface area contributed by atoms with E-state index in [1.165, 1.54) is 4.90 Å². The Labute approximate surface area is 122 Å². The van der Waals surface area contributed by atoms with E-state index in [0.717, 1.165) is 11.1 Å². The summed E-state index contributed by atoms with van der Waals surface area (Å²) < 4.78 is 0. The van der Waals surface area contributed by atoms with Crippen LogP contribution in [0.5, 0.6) is 0 Å². The molecule has 0 spiro atoms. The fourth-order valence-corrected chi connectivity index (χ4v) is 2.35. The molecule has 2 amide bonds. The number of carbonyl (C=O) groups excluding carboxylic acids is 2. The molecule has 0 aliphatic heterocycles. The third-order valence-electron chi connectivity index (χ3n) is 2.88. The van der Waals surface area contributed by atoms with Gasteiger partial charge < -0.3 is 10.2 Å². The molecule has 2 rings (SSSR count). The number of thiophene rings is 1. The molecule has 0 atom stereocenters. The zero-order chi connectivity index (χ0) is 14.5. The second kappa shape index (κ2) is 6.34. The summed E-state index contributed by atoms with van der Waals surface area (Å²) in [4.78, 5) is 24.9. The molecule has 0 fully saturated rings. The van der Waals surface area contributed by atoms with E-state index in [0.29, 0.717) is 5.56 Å². The smallest absolute Gasteiger partial charge is 0.251 e. The predicted octanol–water partition coefficient (Wildman–Crippen LogP) is 2.23. The van der Waals surface area contributed by atoms with Gasteiger partial charge in [0.25, 0.3) is 5.91 Å². The lowest BCUT2D eigenvalue weighted by atomic mass is 10.1. The first-order valence-electron chi connectivity index (χ1n) is 6.19. The first kappa shape index (κ1) is 14.3. The maximum Gasteiger partial charge on any atom is 0.251 e. The first-order valence-corrected chi connectivity index (χ1v) is 7.13. The normalized spacial score (nSPS) is 10.1. The van der Waals surface area contributed by atoms with E-state index in [-0.39, 0.29) is 18.4 Å². The molecule has 1 N–H and O–H groups in total. The predicted molar refractivity (Wildman–Crippen MR) is 80.8 cm³/mol. The van der Waals surface area contributed by atoms with E-state index in [1.807, 2.05) is 35.0 Å². The van der Waals surface area contributed by atoms with Crippen LogP contribution in [0.15, 0.2) is 41.1 Å². The Morgan fingerprint density at radius 2 is 2.00 bits per heavy atom. The van der Waals surface area contributed by atoms with E-state index in [4.69, 9.17) is 0 Å². The molecule has 0 saturated carbocycles. The summed E-state index contributed by atoms with van der Waals surface area (Å²) >= 11 is 1.62. The molecule has 1 heterocycles. The standard InChI is InChI=1S/C15H16N2O2S/c1-17(2)14(18)9-16-15(19)12-5-3-4-11(8-12)13-6-7-20-10-13/h3-8,10H,9H2,1-2H3,(H,16,19). The second-order valence-corrected chi connectivity index (χ2v) is 5.34. The number of carbonyl (C=O) groups is 2. The molecular formula is C15H16N2O2S. The Morgan fingerprint density at radius 3 is 2.65 bits per heavy atom. The van der Waals surface area contributed by atoms with Gasteiger partial charge >= 0.3 is 0 Å². The van der Waals surface area contributed by atoms with Gasteiger partial charge in [-0.2, -0.15) is 11.3 Å². The van der Waals surface area contributed by atoms with Gasteiger partial charge in [0.15, 0.2) is 0 Å². The van der Waals surface area contributed by atoms with Crippen molar-refractivity contribution in [1.29, 1.82) is 0 Å². The maximum atomic E-state index is 12.0. The van der Waals surface area contributed by atoms with Crippen LogP contribution in [-0.2, 0) is 4.79 Å². The molecule has 5 heteroatoms. The molecule has 0 saturated heterocycles. The molecule has 4 nitrogen and oxygen atoms in total. The molecule has 0 aliphatic rings. The minimum absolute atomic E-state index is 0.00844. The van der Waals surface area contributed by atoms with Crippen LogP contribution in [0.25, 0.3) is 11.1 Å².